The first-order valence-corrected chi connectivity index (χ1v) is 9.41. The van der Waals surface area contributed by atoms with E-state index in [1.165, 1.54) is 0 Å². The molecule has 0 spiro atoms. The van der Waals surface area contributed by atoms with Crippen molar-refractivity contribution in [1.29, 1.82) is 5.26 Å². The molecule has 0 bridgehead atoms. The maximum absolute atomic E-state index is 13.4. The van der Waals surface area contributed by atoms with Gasteiger partial charge >= 0.3 is 0 Å². The number of para-hydroxylation sites is 2. The van der Waals surface area contributed by atoms with Gasteiger partial charge in [-0.1, -0.05) is 36.4 Å². The minimum Gasteiger partial charge on any atom is -0.470 e. The molecule has 1 aromatic heterocycles. The lowest BCUT2D eigenvalue weighted by Crippen LogP contribution is -2.57. The molecule has 1 amide bonds. The predicted octanol–water partition coefficient (Wildman–Crippen LogP) is 3.48. The SMILES string of the molecule is N#Cc1cccnc1OC1CN(C(=O)C2c3ccccc3Oc3ccccc32)C1. The van der Waals surface area contributed by atoms with E-state index in [0.29, 0.717) is 36.0 Å². The van der Waals surface area contributed by atoms with Crippen molar-refractivity contribution in [3.8, 4) is 23.4 Å². The molecule has 0 atom stereocenters. The zero-order chi connectivity index (χ0) is 19.8. The molecule has 5 rings (SSSR count). The van der Waals surface area contributed by atoms with Crippen LogP contribution in [0.2, 0.25) is 0 Å². The standard InChI is InChI=1S/C23H17N3O3/c24-12-15-6-5-11-25-22(15)28-16-13-26(14-16)23(27)21-17-7-1-3-9-19(17)29-20-10-4-2-8-18(20)21/h1-11,16,21H,13-14H2. The highest BCUT2D eigenvalue weighted by Crippen LogP contribution is 2.45. The monoisotopic (exact) mass is 383 g/mol. The first-order chi connectivity index (χ1) is 14.2. The summed E-state index contributed by atoms with van der Waals surface area (Å²) < 4.78 is 11.8. The van der Waals surface area contributed by atoms with Gasteiger partial charge in [-0.15, -0.1) is 0 Å². The normalized spacial score (nSPS) is 15.3. The van der Waals surface area contributed by atoms with Crippen LogP contribution in [0.25, 0.3) is 0 Å². The number of aromatic nitrogens is 1. The fraction of sp³-hybridized carbons (Fsp3) is 0.174. The molecule has 6 nitrogen and oxygen atoms in total. The molecule has 3 heterocycles. The molecule has 0 aliphatic carbocycles. The van der Waals surface area contributed by atoms with Crippen molar-refractivity contribution in [2.45, 2.75) is 12.0 Å². The van der Waals surface area contributed by atoms with Crippen molar-refractivity contribution in [3.63, 3.8) is 0 Å². The largest absolute Gasteiger partial charge is 0.470 e. The molecule has 2 aromatic carbocycles. The van der Waals surface area contributed by atoms with Crippen molar-refractivity contribution in [3.05, 3.63) is 83.6 Å². The summed E-state index contributed by atoms with van der Waals surface area (Å²) in [6, 6.07) is 20.7. The molecular weight excluding hydrogens is 366 g/mol. The van der Waals surface area contributed by atoms with Crippen LogP contribution in [0.15, 0.2) is 66.9 Å². The number of likely N-dealkylation sites (tertiary alicyclic amines) is 1. The van der Waals surface area contributed by atoms with Crippen LogP contribution in [0.4, 0.5) is 0 Å². The van der Waals surface area contributed by atoms with E-state index in [4.69, 9.17) is 9.47 Å². The number of benzene rings is 2. The number of hydrogen-bond acceptors (Lipinski definition) is 5. The maximum atomic E-state index is 13.4. The summed E-state index contributed by atoms with van der Waals surface area (Å²) in [4.78, 5) is 19.3. The summed E-state index contributed by atoms with van der Waals surface area (Å²) in [5, 5.41) is 9.17. The first kappa shape index (κ1) is 17.3. The zero-order valence-electron chi connectivity index (χ0n) is 15.5. The van der Waals surface area contributed by atoms with Gasteiger partial charge in [0.25, 0.3) is 0 Å². The van der Waals surface area contributed by atoms with Crippen molar-refractivity contribution in [2.75, 3.05) is 13.1 Å². The third kappa shape index (κ3) is 2.97. The Bertz CT molecular complexity index is 1090. The van der Waals surface area contributed by atoms with Gasteiger partial charge in [0.1, 0.15) is 29.2 Å². The van der Waals surface area contributed by atoms with Crippen molar-refractivity contribution < 1.29 is 14.3 Å². The molecule has 0 unspecified atom stereocenters. The van der Waals surface area contributed by atoms with Gasteiger partial charge in [-0.3, -0.25) is 4.79 Å². The van der Waals surface area contributed by atoms with Crippen LogP contribution in [0.1, 0.15) is 22.6 Å². The Hall–Kier alpha value is -3.85. The number of amides is 1. The molecule has 29 heavy (non-hydrogen) atoms. The van der Waals surface area contributed by atoms with E-state index in [1.54, 1.807) is 23.2 Å². The Morgan fingerprint density at radius 1 is 1.03 bits per heavy atom. The Balaban J connectivity index is 1.36. The number of nitriles is 1. The number of pyridine rings is 1. The van der Waals surface area contributed by atoms with Crippen molar-refractivity contribution >= 4 is 5.91 Å². The molecule has 0 saturated carbocycles. The number of carbonyl (C=O) groups is 1. The summed E-state index contributed by atoms with van der Waals surface area (Å²) in [5.74, 6) is 1.36. The van der Waals surface area contributed by atoms with Gasteiger partial charge in [0, 0.05) is 17.3 Å². The highest BCUT2D eigenvalue weighted by atomic mass is 16.5. The van der Waals surface area contributed by atoms with Gasteiger partial charge in [0.2, 0.25) is 11.8 Å². The summed E-state index contributed by atoms with van der Waals surface area (Å²) in [5.41, 5.74) is 2.14. The van der Waals surface area contributed by atoms with Crippen LogP contribution in [0.3, 0.4) is 0 Å². The van der Waals surface area contributed by atoms with E-state index in [9.17, 15) is 10.1 Å². The minimum atomic E-state index is -0.401. The van der Waals surface area contributed by atoms with E-state index < -0.39 is 5.92 Å². The zero-order valence-corrected chi connectivity index (χ0v) is 15.5. The molecule has 1 fully saturated rings. The second-order valence-corrected chi connectivity index (χ2v) is 7.06. The fourth-order valence-electron chi connectivity index (χ4n) is 3.78. The van der Waals surface area contributed by atoms with Gasteiger partial charge in [-0.2, -0.15) is 5.26 Å². The number of nitrogens with zero attached hydrogens (tertiary/aromatic N) is 3. The van der Waals surface area contributed by atoms with Crippen molar-refractivity contribution in [1.82, 2.24) is 9.88 Å². The Morgan fingerprint density at radius 2 is 1.69 bits per heavy atom. The average Bonchev–Trinajstić information content (AvgIpc) is 2.74. The highest BCUT2D eigenvalue weighted by Gasteiger charge is 2.40. The van der Waals surface area contributed by atoms with Crippen LogP contribution in [-0.2, 0) is 4.79 Å². The van der Waals surface area contributed by atoms with E-state index >= 15 is 0 Å². The first-order valence-electron chi connectivity index (χ1n) is 9.41. The van der Waals surface area contributed by atoms with Gasteiger partial charge in [-0.25, -0.2) is 4.98 Å². The number of ether oxygens (including phenoxy) is 2. The third-order valence-corrected chi connectivity index (χ3v) is 5.26. The summed E-state index contributed by atoms with van der Waals surface area (Å²) >= 11 is 0. The van der Waals surface area contributed by atoms with Crippen LogP contribution >= 0.6 is 0 Å². The van der Waals surface area contributed by atoms with Gasteiger partial charge < -0.3 is 14.4 Å². The lowest BCUT2D eigenvalue weighted by Gasteiger charge is -2.41. The summed E-state index contributed by atoms with van der Waals surface area (Å²) in [6.07, 6.45) is 1.42. The van der Waals surface area contributed by atoms with Crippen LogP contribution in [-0.4, -0.2) is 35.0 Å². The Kier molecular flexibility index (Phi) is 4.14. The molecular formula is C23H17N3O3. The quantitative estimate of drug-likeness (QED) is 0.692. The molecule has 2 aliphatic heterocycles. The molecule has 0 radical (unpaired) electrons. The van der Waals surface area contributed by atoms with Crippen LogP contribution < -0.4 is 9.47 Å². The van der Waals surface area contributed by atoms with Crippen LogP contribution in [0, 0.1) is 11.3 Å². The predicted molar refractivity (Wildman–Crippen MR) is 105 cm³/mol. The van der Waals surface area contributed by atoms with E-state index in [2.05, 4.69) is 11.1 Å². The fourth-order valence-corrected chi connectivity index (χ4v) is 3.78. The van der Waals surface area contributed by atoms with Gasteiger partial charge in [-0.05, 0) is 24.3 Å². The Labute approximate surface area is 167 Å². The lowest BCUT2D eigenvalue weighted by atomic mass is 9.86. The Morgan fingerprint density at radius 3 is 2.34 bits per heavy atom. The van der Waals surface area contributed by atoms with E-state index in [-0.39, 0.29) is 12.0 Å². The summed E-state index contributed by atoms with van der Waals surface area (Å²) in [6.45, 7) is 0.921. The smallest absolute Gasteiger partial charge is 0.235 e. The molecule has 6 heteroatoms. The van der Waals surface area contributed by atoms with Gasteiger partial charge in [0.15, 0.2) is 0 Å². The average molecular weight is 383 g/mol. The topological polar surface area (TPSA) is 75.5 Å². The molecule has 142 valence electrons. The van der Waals surface area contributed by atoms with Crippen LogP contribution in [0.5, 0.6) is 17.4 Å². The number of carbonyl (C=O) groups excluding carboxylic acids is 1. The molecule has 1 saturated heterocycles. The number of hydrogen-bond donors (Lipinski definition) is 0. The maximum Gasteiger partial charge on any atom is 0.235 e. The second kappa shape index (κ2) is 6.95. The minimum absolute atomic E-state index is 0.0228. The molecule has 2 aliphatic rings. The third-order valence-electron chi connectivity index (χ3n) is 5.26. The van der Waals surface area contributed by atoms with Crippen molar-refractivity contribution in [2.24, 2.45) is 0 Å². The van der Waals surface area contributed by atoms with E-state index in [0.717, 1.165) is 11.1 Å². The lowest BCUT2D eigenvalue weighted by molar-refractivity contribution is -0.141. The molecule has 3 aromatic rings. The number of fused-ring (bicyclic) bond motifs is 2. The number of rotatable bonds is 3. The highest BCUT2D eigenvalue weighted by molar-refractivity contribution is 5.90. The van der Waals surface area contributed by atoms with E-state index in [1.807, 2.05) is 48.5 Å². The van der Waals surface area contributed by atoms with Gasteiger partial charge in [0.05, 0.1) is 19.0 Å². The second-order valence-electron chi connectivity index (χ2n) is 7.06. The molecule has 0 N–H and O–H groups in total. The summed E-state index contributed by atoms with van der Waals surface area (Å²) in [7, 11) is 0.